The third kappa shape index (κ3) is 4.32. The first-order valence-electron chi connectivity index (χ1n) is 8.31. The summed E-state index contributed by atoms with van der Waals surface area (Å²) in [4.78, 5) is 30.4. The van der Waals surface area contributed by atoms with E-state index in [4.69, 9.17) is 0 Å². The minimum absolute atomic E-state index is 0.130. The highest BCUT2D eigenvalue weighted by Crippen LogP contribution is 2.23. The van der Waals surface area contributed by atoms with Gasteiger partial charge in [0.05, 0.1) is 6.54 Å². The molecule has 0 aromatic carbocycles. The Kier molecular flexibility index (Phi) is 5.25. The van der Waals surface area contributed by atoms with Crippen LogP contribution in [0, 0.1) is 5.92 Å². The minimum atomic E-state index is -2.52. The van der Waals surface area contributed by atoms with Crippen LogP contribution >= 0.6 is 0 Å². The van der Waals surface area contributed by atoms with Crippen LogP contribution in [0.15, 0.2) is 35.3 Å². The highest BCUT2D eigenvalue weighted by Gasteiger charge is 2.23. The van der Waals surface area contributed by atoms with Crippen molar-refractivity contribution in [2.45, 2.75) is 25.7 Å². The maximum atomic E-state index is 12.2. The van der Waals surface area contributed by atoms with E-state index in [-0.39, 0.29) is 23.8 Å². The van der Waals surface area contributed by atoms with E-state index in [0.29, 0.717) is 24.6 Å². The SMILES string of the molecule is O=C(CC1CCN(c2cc(=O)n3ccccc3n2)CC1)NCC(F)F. The van der Waals surface area contributed by atoms with E-state index in [9.17, 15) is 18.4 Å². The van der Waals surface area contributed by atoms with Crippen LogP contribution in [0.3, 0.4) is 0 Å². The van der Waals surface area contributed by atoms with E-state index in [2.05, 4.69) is 10.3 Å². The van der Waals surface area contributed by atoms with Gasteiger partial charge in [-0.25, -0.2) is 13.8 Å². The first kappa shape index (κ1) is 17.3. The second-order valence-electron chi connectivity index (χ2n) is 6.21. The predicted molar refractivity (Wildman–Crippen MR) is 90.0 cm³/mol. The highest BCUT2D eigenvalue weighted by atomic mass is 19.3. The van der Waals surface area contributed by atoms with Crippen molar-refractivity contribution in [1.29, 1.82) is 0 Å². The number of rotatable bonds is 5. The fourth-order valence-corrected chi connectivity index (χ4v) is 3.09. The zero-order chi connectivity index (χ0) is 17.8. The lowest BCUT2D eigenvalue weighted by Gasteiger charge is -2.32. The molecule has 0 atom stereocenters. The van der Waals surface area contributed by atoms with Crippen molar-refractivity contribution in [3.8, 4) is 0 Å². The zero-order valence-electron chi connectivity index (χ0n) is 13.7. The number of piperidine rings is 1. The third-order valence-corrected chi connectivity index (χ3v) is 4.42. The molecule has 1 saturated heterocycles. The first-order chi connectivity index (χ1) is 12.0. The van der Waals surface area contributed by atoms with Gasteiger partial charge in [0.25, 0.3) is 12.0 Å². The molecule has 1 aliphatic heterocycles. The number of carbonyl (C=O) groups excluding carboxylic acids is 1. The monoisotopic (exact) mass is 350 g/mol. The summed E-state index contributed by atoms with van der Waals surface area (Å²) in [6, 6.07) is 6.91. The molecule has 0 unspecified atom stereocenters. The molecule has 0 spiro atoms. The minimum Gasteiger partial charge on any atom is -0.356 e. The molecule has 0 bridgehead atoms. The van der Waals surface area contributed by atoms with E-state index in [1.807, 2.05) is 11.0 Å². The van der Waals surface area contributed by atoms with Crippen molar-refractivity contribution < 1.29 is 13.6 Å². The average molecular weight is 350 g/mol. The number of amides is 1. The van der Waals surface area contributed by atoms with Crippen molar-refractivity contribution in [2.24, 2.45) is 5.92 Å². The number of alkyl halides is 2. The highest BCUT2D eigenvalue weighted by molar-refractivity contribution is 5.76. The zero-order valence-corrected chi connectivity index (χ0v) is 13.7. The lowest BCUT2D eigenvalue weighted by Crippen LogP contribution is -2.37. The van der Waals surface area contributed by atoms with E-state index in [1.54, 1.807) is 18.3 Å². The second-order valence-corrected chi connectivity index (χ2v) is 6.21. The first-order valence-corrected chi connectivity index (χ1v) is 8.31. The van der Waals surface area contributed by atoms with Gasteiger partial charge in [0.2, 0.25) is 5.91 Å². The largest absolute Gasteiger partial charge is 0.356 e. The topological polar surface area (TPSA) is 66.7 Å². The summed E-state index contributed by atoms with van der Waals surface area (Å²) >= 11 is 0. The Morgan fingerprint density at radius 1 is 1.32 bits per heavy atom. The molecule has 1 fully saturated rings. The summed E-state index contributed by atoms with van der Waals surface area (Å²) < 4.78 is 25.7. The molecule has 0 aliphatic carbocycles. The summed E-state index contributed by atoms with van der Waals surface area (Å²) in [6.07, 6.45) is 0.937. The Morgan fingerprint density at radius 2 is 2.08 bits per heavy atom. The van der Waals surface area contributed by atoms with Crippen molar-refractivity contribution >= 4 is 17.4 Å². The standard InChI is InChI=1S/C17H20F2N4O2/c18-13(19)11-20-16(24)9-12-4-7-22(8-5-12)15-10-17(25)23-6-2-1-3-14(23)21-15/h1-3,6,10,12-13H,4-5,7-9,11H2,(H,20,24). The number of pyridine rings is 1. The molecule has 8 heteroatoms. The fraction of sp³-hybridized carbons (Fsp3) is 0.471. The van der Waals surface area contributed by atoms with Crippen LogP contribution in [-0.4, -0.2) is 41.4 Å². The molecule has 0 saturated carbocycles. The molecular formula is C17H20F2N4O2. The van der Waals surface area contributed by atoms with Crippen LogP contribution in [-0.2, 0) is 4.79 Å². The number of fused-ring (bicyclic) bond motifs is 1. The van der Waals surface area contributed by atoms with Gasteiger partial charge in [0.15, 0.2) is 0 Å². The smallest absolute Gasteiger partial charge is 0.259 e. The van der Waals surface area contributed by atoms with Gasteiger partial charge in [0, 0.05) is 31.8 Å². The molecule has 1 aliphatic rings. The molecule has 25 heavy (non-hydrogen) atoms. The number of carbonyl (C=O) groups is 1. The van der Waals surface area contributed by atoms with E-state index < -0.39 is 13.0 Å². The average Bonchev–Trinajstić information content (AvgIpc) is 2.60. The Labute approximate surface area is 143 Å². The van der Waals surface area contributed by atoms with Gasteiger partial charge in [-0.2, -0.15) is 0 Å². The molecule has 2 aromatic rings. The number of hydrogen-bond acceptors (Lipinski definition) is 4. The summed E-state index contributed by atoms with van der Waals surface area (Å²) in [6.45, 7) is 0.771. The molecule has 134 valence electrons. The molecule has 3 heterocycles. The van der Waals surface area contributed by atoms with Gasteiger partial charge in [0.1, 0.15) is 11.5 Å². The Hall–Kier alpha value is -2.51. The van der Waals surface area contributed by atoms with Gasteiger partial charge >= 0.3 is 0 Å². The van der Waals surface area contributed by atoms with E-state index in [1.165, 1.54) is 10.5 Å². The van der Waals surface area contributed by atoms with Crippen LogP contribution in [0.25, 0.3) is 5.65 Å². The maximum Gasteiger partial charge on any atom is 0.259 e. The molecule has 1 N–H and O–H groups in total. The van der Waals surface area contributed by atoms with Crippen LogP contribution < -0.4 is 15.8 Å². The molecule has 2 aromatic heterocycles. The van der Waals surface area contributed by atoms with Crippen LogP contribution in [0.5, 0.6) is 0 Å². The van der Waals surface area contributed by atoms with E-state index >= 15 is 0 Å². The van der Waals surface area contributed by atoms with Crippen molar-refractivity contribution in [2.75, 3.05) is 24.5 Å². The number of nitrogens with one attached hydrogen (secondary N) is 1. The van der Waals surface area contributed by atoms with Gasteiger partial charge < -0.3 is 10.2 Å². The number of hydrogen-bond donors (Lipinski definition) is 1. The fourth-order valence-electron chi connectivity index (χ4n) is 3.09. The Morgan fingerprint density at radius 3 is 2.80 bits per heavy atom. The van der Waals surface area contributed by atoms with Crippen molar-refractivity contribution in [3.63, 3.8) is 0 Å². The lowest BCUT2D eigenvalue weighted by molar-refractivity contribution is -0.122. The van der Waals surface area contributed by atoms with Gasteiger partial charge in [-0.15, -0.1) is 0 Å². The molecule has 0 radical (unpaired) electrons. The van der Waals surface area contributed by atoms with Crippen LogP contribution in [0.4, 0.5) is 14.6 Å². The van der Waals surface area contributed by atoms with E-state index in [0.717, 1.165) is 12.8 Å². The molecular weight excluding hydrogens is 330 g/mol. The molecule has 6 nitrogen and oxygen atoms in total. The van der Waals surface area contributed by atoms with Gasteiger partial charge in [-0.05, 0) is 30.9 Å². The second kappa shape index (κ2) is 7.58. The Balaban J connectivity index is 1.59. The third-order valence-electron chi connectivity index (χ3n) is 4.42. The van der Waals surface area contributed by atoms with Crippen molar-refractivity contribution in [3.05, 3.63) is 40.8 Å². The number of nitrogens with zero attached hydrogens (tertiary/aromatic N) is 3. The maximum absolute atomic E-state index is 12.2. The van der Waals surface area contributed by atoms with Gasteiger partial charge in [-0.3, -0.25) is 14.0 Å². The summed E-state index contributed by atoms with van der Waals surface area (Å²) in [5, 5.41) is 2.24. The lowest BCUT2D eigenvalue weighted by atomic mass is 9.93. The number of anilines is 1. The summed E-state index contributed by atoms with van der Waals surface area (Å²) in [7, 11) is 0. The molecule has 1 amide bonds. The predicted octanol–water partition coefficient (Wildman–Crippen LogP) is 1.68. The van der Waals surface area contributed by atoms with Crippen LogP contribution in [0.1, 0.15) is 19.3 Å². The normalized spacial score (nSPS) is 15.7. The summed E-state index contributed by atoms with van der Waals surface area (Å²) in [5.41, 5.74) is 0.465. The number of halogens is 2. The Bertz CT molecular complexity index is 801. The van der Waals surface area contributed by atoms with Gasteiger partial charge in [-0.1, -0.05) is 6.07 Å². The van der Waals surface area contributed by atoms with Crippen molar-refractivity contribution in [1.82, 2.24) is 14.7 Å². The number of aromatic nitrogens is 2. The summed E-state index contributed by atoms with van der Waals surface area (Å²) in [5.74, 6) is 0.466. The quantitative estimate of drug-likeness (QED) is 0.891. The van der Waals surface area contributed by atoms with Crippen LogP contribution in [0.2, 0.25) is 0 Å². The molecule has 3 rings (SSSR count).